The van der Waals surface area contributed by atoms with E-state index in [2.05, 4.69) is 0 Å². The van der Waals surface area contributed by atoms with Crippen molar-refractivity contribution in [2.75, 3.05) is 6.61 Å². The minimum Gasteiger partial charge on any atom is -0.462 e. The predicted molar refractivity (Wildman–Crippen MR) is 73.5 cm³/mol. The molecule has 0 heterocycles. The van der Waals surface area contributed by atoms with Gasteiger partial charge in [0.15, 0.2) is 0 Å². The molecule has 3 nitrogen and oxygen atoms in total. The lowest BCUT2D eigenvalue weighted by Crippen LogP contribution is -2.05. The van der Waals surface area contributed by atoms with Crippen molar-refractivity contribution in [2.45, 2.75) is 13.3 Å². The first-order valence-electron chi connectivity index (χ1n) is 6.29. The van der Waals surface area contributed by atoms with Crippen LogP contribution >= 0.6 is 0 Å². The summed E-state index contributed by atoms with van der Waals surface area (Å²) in [5.41, 5.74) is 0.536. The van der Waals surface area contributed by atoms with E-state index in [0.717, 1.165) is 12.2 Å². The zero-order valence-corrected chi connectivity index (χ0v) is 10.8. The van der Waals surface area contributed by atoms with Crippen molar-refractivity contribution in [1.29, 1.82) is 0 Å². The molecule has 0 radical (unpaired) electrons. The SMILES string of the molecule is CCCOC(=O)c1ccc(Oc2ccccc2)cc1. The van der Waals surface area contributed by atoms with E-state index in [4.69, 9.17) is 9.47 Å². The van der Waals surface area contributed by atoms with E-state index in [1.54, 1.807) is 24.3 Å². The third-order valence-corrected chi connectivity index (χ3v) is 2.51. The van der Waals surface area contributed by atoms with Gasteiger partial charge in [-0.25, -0.2) is 4.79 Å². The van der Waals surface area contributed by atoms with Crippen LogP contribution in [0.2, 0.25) is 0 Å². The standard InChI is InChI=1S/C16H16O3/c1-2-12-18-16(17)13-8-10-15(11-9-13)19-14-6-4-3-5-7-14/h3-11H,2,12H2,1H3. The average molecular weight is 256 g/mol. The zero-order valence-electron chi connectivity index (χ0n) is 10.8. The molecule has 0 saturated carbocycles. The van der Waals surface area contributed by atoms with Crippen molar-refractivity contribution in [1.82, 2.24) is 0 Å². The molecule has 2 aromatic carbocycles. The molecule has 0 aliphatic rings. The summed E-state index contributed by atoms with van der Waals surface area (Å²) < 4.78 is 10.7. The molecular weight excluding hydrogens is 240 g/mol. The zero-order chi connectivity index (χ0) is 13.5. The molecule has 98 valence electrons. The van der Waals surface area contributed by atoms with Crippen molar-refractivity contribution in [3.05, 3.63) is 60.2 Å². The van der Waals surface area contributed by atoms with Crippen LogP contribution in [0, 0.1) is 0 Å². The van der Waals surface area contributed by atoms with Crippen LogP contribution in [0.5, 0.6) is 11.5 Å². The summed E-state index contributed by atoms with van der Waals surface area (Å²) >= 11 is 0. The highest BCUT2D eigenvalue weighted by Gasteiger charge is 2.06. The quantitative estimate of drug-likeness (QED) is 0.757. The normalized spacial score (nSPS) is 9.95. The fraction of sp³-hybridized carbons (Fsp3) is 0.188. The van der Waals surface area contributed by atoms with Gasteiger partial charge < -0.3 is 9.47 Å². The molecule has 0 aliphatic carbocycles. The summed E-state index contributed by atoms with van der Waals surface area (Å²) in [6, 6.07) is 16.4. The van der Waals surface area contributed by atoms with Gasteiger partial charge in [-0.05, 0) is 42.8 Å². The fourth-order valence-corrected chi connectivity index (χ4v) is 1.56. The topological polar surface area (TPSA) is 35.5 Å². The molecule has 2 aromatic rings. The Hall–Kier alpha value is -2.29. The average Bonchev–Trinajstić information content (AvgIpc) is 2.46. The number of benzene rings is 2. The highest BCUT2D eigenvalue weighted by atomic mass is 16.5. The van der Waals surface area contributed by atoms with Crippen molar-refractivity contribution in [3.63, 3.8) is 0 Å². The van der Waals surface area contributed by atoms with Crippen LogP contribution in [0.1, 0.15) is 23.7 Å². The van der Waals surface area contributed by atoms with E-state index in [1.165, 1.54) is 0 Å². The molecule has 3 heteroatoms. The predicted octanol–water partition coefficient (Wildman–Crippen LogP) is 4.05. The highest BCUT2D eigenvalue weighted by molar-refractivity contribution is 5.89. The largest absolute Gasteiger partial charge is 0.462 e. The molecule has 0 spiro atoms. The molecule has 0 saturated heterocycles. The maximum atomic E-state index is 11.6. The Labute approximate surface area is 112 Å². The van der Waals surface area contributed by atoms with Gasteiger partial charge in [-0.1, -0.05) is 25.1 Å². The van der Waals surface area contributed by atoms with E-state index in [-0.39, 0.29) is 5.97 Å². The van der Waals surface area contributed by atoms with Gasteiger partial charge in [0.25, 0.3) is 0 Å². The molecule has 2 rings (SSSR count). The van der Waals surface area contributed by atoms with Crippen LogP contribution in [-0.2, 0) is 4.74 Å². The van der Waals surface area contributed by atoms with E-state index in [0.29, 0.717) is 17.9 Å². The summed E-state index contributed by atoms with van der Waals surface area (Å²) in [5, 5.41) is 0. The minimum absolute atomic E-state index is 0.298. The molecule has 0 aliphatic heterocycles. The van der Waals surface area contributed by atoms with Crippen LogP contribution in [-0.4, -0.2) is 12.6 Å². The molecular formula is C16H16O3. The highest BCUT2D eigenvalue weighted by Crippen LogP contribution is 2.21. The van der Waals surface area contributed by atoms with Crippen LogP contribution in [0.4, 0.5) is 0 Å². The summed E-state index contributed by atoms with van der Waals surface area (Å²) in [6.45, 7) is 2.41. The lowest BCUT2D eigenvalue weighted by atomic mass is 10.2. The van der Waals surface area contributed by atoms with Crippen LogP contribution in [0.25, 0.3) is 0 Å². The smallest absolute Gasteiger partial charge is 0.338 e. The molecule has 0 fully saturated rings. The summed E-state index contributed by atoms with van der Waals surface area (Å²) in [4.78, 5) is 11.6. The number of esters is 1. The fourth-order valence-electron chi connectivity index (χ4n) is 1.56. The van der Waals surface area contributed by atoms with E-state index in [1.807, 2.05) is 37.3 Å². The number of hydrogen-bond acceptors (Lipinski definition) is 3. The molecule has 19 heavy (non-hydrogen) atoms. The van der Waals surface area contributed by atoms with Crippen LogP contribution in [0.3, 0.4) is 0 Å². The van der Waals surface area contributed by atoms with Crippen LogP contribution < -0.4 is 4.74 Å². The van der Waals surface area contributed by atoms with Gasteiger partial charge in [0.2, 0.25) is 0 Å². The first-order chi connectivity index (χ1) is 9.29. The second-order valence-electron chi connectivity index (χ2n) is 4.08. The molecule has 0 N–H and O–H groups in total. The monoisotopic (exact) mass is 256 g/mol. The Morgan fingerprint density at radius 1 is 0.947 bits per heavy atom. The second-order valence-corrected chi connectivity index (χ2v) is 4.08. The van der Waals surface area contributed by atoms with Gasteiger partial charge in [0, 0.05) is 0 Å². The summed E-state index contributed by atoms with van der Waals surface area (Å²) in [6.07, 6.45) is 0.820. The van der Waals surface area contributed by atoms with Crippen molar-refractivity contribution < 1.29 is 14.3 Å². The molecule has 0 aromatic heterocycles. The Bertz CT molecular complexity index is 517. The number of carbonyl (C=O) groups excluding carboxylic acids is 1. The number of carbonyl (C=O) groups is 1. The Balaban J connectivity index is 2.00. The first-order valence-corrected chi connectivity index (χ1v) is 6.29. The minimum atomic E-state index is -0.298. The van der Waals surface area contributed by atoms with E-state index < -0.39 is 0 Å². The second kappa shape index (κ2) is 6.59. The van der Waals surface area contributed by atoms with Gasteiger partial charge in [0.05, 0.1) is 12.2 Å². The number of hydrogen-bond donors (Lipinski definition) is 0. The summed E-state index contributed by atoms with van der Waals surface area (Å²) in [7, 11) is 0. The number of para-hydroxylation sites is 1. The van der Waals surface area contributed by atoms with Crippen LogP contribution in [0.15, 0.2) is 54.6 Å². The first kappa shape index (κ1) is 13.1. The Morgan fingerprint density at radius 2 is 1.58 bits per heavy atom. The summed E-state index contributed by atoms with van der Waals surface area (Å²) in [5.74, 6) is 1.16. The van der Waals surface area contributed by atoms with Gasteiger partial charge in [0.1, 0.15) is 11.5 Å². The molecule has 0 bridgehead atoms. The van der Waals surface area contributed by atoms with Crippen molar-refractivity contribution in [2.24, 2.45) is 0 Å². The maximum absolute atomic E-state index is 11.6. The van der Waals surface area contributed by atoms with Crippen molar-refractivity contribution >= 4 is 5.97 Å². The van der Waals surface area contributed by atoms with E-state index in [9.17, 15) is 4.79 Å². The maximum Gasteiger partial charge on any atom is 0.338 e. The van der Waals surface area contributed by atoms with Gasteiger partial charge in [-0.15, -0.1) is 0 Å². The van der Waals surface area contributed by atoms with Crippen molar-refractivity contribution in [3.8, 4) is 11.5 Å². The number of ether oxygens (including phenoxy) is 2. The van der Waals surface area contributed by atoms with Gasteiger partial charge >= 0.3 is 5.97 Å². The molecule has 0 unspecified atom stereocenters. The molecule has 0 atom stereocenters. The Kier molecular flexibility index (Phi) is 4.56. The number of rotatable bonds is 5. The third kappa shape index (κ3) is 3.85. The lowest BCUT2D eigenvalue weighted by Gasteiger charge is -2.06. The van der Waals surface area contributed by atoms with Gasteiger partial charge in [-0.3, -0.25) is 0 Å². The lowest BCUT2D eigenvalue weighted by molar-refractivity contribution is 0.0505. The Morgan fingerprint density at radius 3 is 2.21 bits per heavy atom. The third-order valence-electron chi connectivity index (χ3n) is 2.51. The van der Waals surface area contributed by atoms with Gasteiger partial charge in [-0.2, -0.15) is 0 Å². The van der Waals surface area contributed by atoms with E-state index >= 15 is 0 Å². The molecule has 0 amide bonds.